The lowest BCUT2D eigenvalue weighted by Crippen LogP contribution is -2.50. The second kappa shape index (κ2) is 5.69. The molecule has 1 heterocycles. The molecule has 0 spiro atoms. The number of ether oxygens (including phenoxy) is 1. The third-order valence-electron chi connectivity index (χ3n) is 2.72. The molecule has 0 amide bonds. The van der Waals surface area contributed by atoms with Gasteiger partial charge in [-0.2, -0.15) is 0 Å². The van der Waals surface area contributed by atoms with Gasteiger partial charge < -0.3 is 10.1 Å². The summed E-state index contributed by atoms with van der Waals surface area (Å²) in [4.78, 5) is 0.213. The standard InChI is InChI=1S/C12H18N2O3S/c1-2-7-14-18(15,16)12-6-4-3-5-11(12)17-10-8-13-9-10/h3-6,10,13-14H,2,7-9H2,1H3. The molecular formula is C12H18N2O3S. The molecule has 0 atom stereocenters. The summed E-state index contributed by atoms with van der Waals surface area (Å²) >= 11 is 0. The maximum Gasteiger partial charge on any atom is 0.244 e. The van der Waals surface area contributed by atoms with Crippen molar-refractivity contribution in [3.63, 3.8) is 0 Å². The Morgan fingerprint density at radius 1 is 1.39 bits per heavy atom. The summed E-state index contributed by atoms with van der Waals surface area (Å²) in [7, 11) is -3.48. The van der Waals surface area contributed by atoms with E-state index in [2.05, 4.69) is 10.0 Å². The van der Waals surface area contributed by atoms with Crippen molar-refractivity contribution in [2.45, 2.75) is 24.3 Å². The van der Waals surface area contributed by atoms with Crippen molar-refractivity contribution < 1.29 is 13.2 Å². The Balaban J connectivity index is 2.20. The van der Waals surface area contributed by atoms with Gasteiger partial charge in [0.1, 0.15) is 16.7 Å². The third-order valence-corrected chi connectivity index (χ3v) is 4.22. The van der Waals surface area contributed by atoms with Crippen LogP contribution in [-0.2, 0) is 10.0 Å². The van der Waals surface area contributed by atoms with E-state index in [1.54, 1.807) is 24.3 Å². The Morgan fingerprint density at radius 2 is 2.11 bits per heavy atom. The number of benzene rings is 1. The van der Waals surface area contributed by atoms with Crippen LogP contribution in [-0.4, -0.2) is 34.2 Å². The minimum atomic E-state index is -3.48. The minimum absolute atomic E-state index is 0.0625. The number of rotatable bonds is 6. The highest BCUT2D eigenvalue weighted by Gasteiger charge is 2.23. The molecule has 0 unspecified atom stereocenters. The largest absolute Gasteiger partial charge is 0.486 e. The van der Waals surface area contributed by atoms with Crippen LogP contribution in [0.15, 0.2) is 29.2 Å². The van der Waals surface area contributed by atoms with Crippen LogP contribution >= 0.6 is 0 Å². The molecule has 18 heavy (non-hydrogen) atoms. The lowest BCUT2D eigenvalue weighted by atomic mass is 10.2. The maximum atomic E-state index is 12.1. The second-order valence-corrected chi connectivity index (χ2v) is 5.98. The highest BCUT2D eigenvalue weighted by Crippen LogP contribution is 2.24. The predicted octanol–water partition coefficient (Wildman–Crippen LogP) is 0.726. The molecule has 0 radical (unpaired) electrons. The monoisotopic (exact) mass is 270 g/mol. The number of para-hydroxylation sites is 1. The molecule has 2 N–H and O–H groups in total. The third kappa shape index (κ3) is 3.01. The van der Waals surface area contributed by atoms with Gasteiger partial charge in [0, 0.05) is 19.6 Å². The Labute approximate surface area is 108 Å². The van der Waals surface area contributed by atoms with Gasteiger partial charge in [-0.15, -0.1) is 0 Å². The maximum absolute atomic E-state index is 12.1. The van der Waals surface area contributed by atoms with Gasteiger partial charge in [0.2, 0.25) is 10.0 Å². The molecule has 100 valence electrons. The van der Waals surface area contributed by atoms with Crippen molar-refractivity contribution >= 4 is 10.0 Å². The molecule has 0 bridgehead atoms. The molecule has 0 aromatic heterocycles. The molecule has 6 heteroatoms. The fraction of sp³-hybridized carbons (Fsp3) is 0.500. The topological polar surface area (TPSA) is 67.4 Å². The van der Waals surface area contributed by atoms with Crippen LogP contribution in [0.4, 0.5) is 0 Å². The van der Waals surface area contributed by atoms with Crippen molar-refractivity contribution in [3.05, 3.63) is 24.3 Å². The molecule has 0 aliphatic carbocycles. The first kappa shape index (κ1) is 13.3. The Hall–Kier alpha value is -1.11. The summed E-state index contributed by atoms with van der Waals surface area (Å²) in [5.41, 5.74) is 0. The Bertz CT molecular complexity index is 498. The van der Waals surface area contributed by atoms with Gasteiger partial charge in [0.05, 0.1) is 0 Å². The fourth-order valence-electron chi connectivity index (χ4n) is 1.61. The predicted molar refractivity (Wildman–Crippen MR) is 69.2 cm³/mol. The van der Waals surface area contributed by atoms with Crippen LogP contribution in [0, 0.1) is 0 Å². The van der Waals surface area contributed by atoms with Crippen molar-refractivity contribution in [2.24, 2.45) is 0 Å². The normalized spacial score (nSPS) is 16.3. The molecular weight excluding hydrogens is 252 g/mol. The fourth-order valence-corrected chi connectivity index (χ4v) is 2.88. The van der Waals surface area contributed by atoms with Crippen molar-refractivity contribution in [3.8, 4) is 5.75 Å². The lowest BCUT2D eigenvalue weighted by molar-refractivity contribution is 0.138. The zero-order valence-corrected chi connectivity index (χ0v) is 11.2. The van der Waals surface area contributed by atoms with E-state index < -0.39 is 10.0 Å². The van der Waals surface area contributed by atoms with E-state index in [9.17, 15) is 8.42 Å². The summed E-state index contributed by atoms with van der Waals surface area (Å²) in [6.45, 7) is 3.88. The van der Waals surface area contributed by atoms with E-state index in [1.165, 1.54) is 0 Å². The molecule has 1 aromatic rings. The molecule has 1 aliphatic rings. The van der Waals surface area contributed by atoms with Gasteiger partial charge in [0.15, 0.2) is 0 Å². The first-order chi connectivity index (χ1) is 8.63. The zero-order chi connectivity index (χ0) is 13.0. The lowest BCUT2D eigenvalue weighted by Gasteiger charge is -2.28. The average Bonchev–Trinajstić information content (AvgIpc) is 2.32. The molecule has 1 aliphatic heterocycles. The number of hydrogen-bond acceptors (Lipinski definition) is 4. The SMILES string of the molecule is CCCNS(=O)(=O)c1ccccc1OC1CNC1. The van der Waals surface area contributed by atoms with Crippen LogP contribution in [0.3, 0.4) is 0 Å². The first-order valence-corrected chi connectivity index (χ1v) is 7.58. The average molecular weight is 270 g/mol. The summed E-state index contributed by atoms with van der Waals surface area (Å²) in [6, 6.07) is 6.74. The zero-order valence-electron chi connectivity index (χ0n) is 10.3. The summed E-state index contributed by atoms with van der Waals surface area (Å²) in [5.74, 6) is 0.424. The van der Waals surface area contributed by atoms with Gasteiger partial charge in [-0.3, -0.25) is 0 Å². The molecule has 1 fully saturated rings. The molecule has 5 nitrogen and oxygen atoms in total. The molecule has 1 saturated heterocycles. The van der Waals surface area contributed by atoms with Gasteiger partial charge in [-0.25, -0.2) is 13.1 Å². The van der Waals surface area contributed by atoms with Crippen LogP contribution in [0.1, 0.15) is 13.3 Å². The second-order valence-electron chi connectivity index (χ2n) is 4.24. The van der Waals surface area contributed by atoms with E-state index in [4.69, 9.17) is 4.74 Å². The van der Waals surface area contributed by atoms with Crippen molar-refractivity contribution in [1.82, 2.24) is 10.0 Å². The van der Waals surface area contributed by atoms with Gasteiger partial charge in [0.25, 0.3) is 0 Å². The van der Waals surface area contributed by atoms with Crippen molar-refractivity contribution in [1.29, 1.82) is 0 Å². The van der Waals surface area contributed by atoms with Gasteiger partial charge in [-0.05, 0) is 18.6 Å². The highest BCUT2D eigenvalue weighted by molar-refractivity contribution is 7.89. The first-order valence-electron chi connectivity index (χ1n) is 6.09. The van der Waals surface area contributed by atoms with Crippen LogP contribution in [0.25, 0.3) is 0 Å². The van der Waals surface area contributed by atoms with Crippen LogP contribution < -0.4 is 14.8 Å². The summed E-state index contributed by atoms with van der Waals surface area (Å²) in [5, 5.41) is 3.08. The van der Waals surface area contributed by atoms with E-state index in [0.29, 0.717) is 12.3 Å². The number of nitrogens with one attached hydrogen (secondary N) is 2. The smallest absolute Gasteiger partial charge is 0.244 e. The van der Waals surface area contributed by atoms with E-state index in [-0.39, 0.29) is 11.0 Å². The van der Waals surface area contributed by atoms with Gasteiger partial charge in [-0.1, -0.05) is 19.1 Å². The minimum Gasteiger partial charge on any atom is -0.486 e. The van der Waals surface area contributed by atoms with E-state index in [1.807, 2.05) is 6.92 Å². The highest BCUT2D eigenvalue weighted by atomic mass is 32.2. The van der Waals surface area contributed by atoms with Gasteiger partial charge >= 0.3 is 0 Å². The summed E-state index contributed by atoms with van der Waals surface area (Å²) < 4.78 is 32.4. The molecule has 1 aromatic carbocycles. The Morgan fingerprint density at radius 3 is 2.72 bits per heavy atom. The molecule has 0 saturated carbocycles. The number of sulfonamides is 1. The molecule has 2 rings (SSSR count). The number of hydrogen-bond donors (Lipinski definition) is 2. The van der Waals surface area contributed by atoms with Crippen LogP contribution in [0.2, 0.25) is 0 Å². The quantitative estimate of drug-likeness (QED) is 0.799. The Kier molecular flexibility index (Phi) is 4.21. The van der Waals surface area contributed by atoms with E-state index >= 15 is 0 Å². The van der Waals surface area contributed by atoms with Crippen LogP contribution in [0.5, 0.6) is 5.75 Å². The summed E-state index contributed by atoms with van der Waals surface area (Å²) in [6.07, 6.45) is 0.821. The van der Waals surface area contributed by atoms with Crippen molar-refractivity contribution in [2.75, 3.05) is 19.6 Å². The van der Waals surface area contributed by atoms with E-state index in [0.717, 1.165) is 19.5 Å².